The van der Waals surface area contributed by atoms with Crippen LogP contribution in [0.15, 0.2) is 35.7 Å². The first-order valence-electron chi connectivity index (χ1n) is 8.79. The van der Waals surface area contributed by atoms with Gasteiger partial charge in [0.05, 0.1) is 22.0 Å². The van der Waals surface area contributed by atoms with Crippen molar-refractivity contribution in [2.24, 2.45) is 5.73 Å². The van der Waals surface area contributed by atoms with E-state index in [-0.39, 0.29) is 28.5 Å². The average molecular weight is 425 g/mol. The molecule has 1 fully saturated rings. The molecule has 0 radical (unpaired) electrons. The number of carbonyl (C=O) groups excluding carboxylic acids is 3. The molecule has 3 amide bonds. The van der Waals surface area contributed by atoms with Gasteiger partial charge in [-0.2, -0.15) is 13.2 Å². The predicted octanol–water partition coefficient (Wildman–Crippen LogP) is 2.96. The van der Waals surface area contributed by atoms with Crippen LogP contribution in [0.4, 0.5) is 13.2 Å². The molecular weight excluding hydrogens is 407 g/mol. The third kappa shape index (κ3) is 4.94. The molecule has 0 saturated carbocycles. The zero-order chi connectivity index (χ0) is 21.2. The molecule has 6 nitrogen and oxygen atoms in total. The van der Waals surface area contributed by atoms with E-state index in [1.54, 1.807) is 0 Å². The lowest BCUT2D eigenvalue weighted by molar-refractivity contribution is -0.137. The highest BCUT2D eigenvalue weighted by Crippen LogP contribution is 2.31. The highest BCUT2D eigenvalue weighted by Gasteiger charge is 2.32. The molecule has 3 rings (SSSR count). The molecule has 2 aromatic rings. The third-order valence-electron chi connectivity index (χ3n) is 4.60. The van der Waals surface area contributed by atoms with Crippen LogP contribution in [0.5, 0.6) is 0 Å². The fraction of sp³-hybridized carbons (Fsp3) is 0.316. The van der Waals surface area contributed by atoms with Crippen molar-refractivity contribution in [1.82, 2.24) is 10.2 Å². The number of nitrogens with one attached hydrogen (secondary N) is 1. The topological polar surface area (TPSA) is 92.5 Å². The van der Waals surface area contributed by atoms with Crippen LogP contribution in [0.1, 0.15) is 50.0 Å². The largest absolute Gasteiger partial charge is 0.416 e. The number of halogens is 3. The minimum atomic E-state index is -4.53. The number of rotatable bonds is 6. The van der Waals surface area contributed by atoms with Crippen molar-refractivity contribution in [3.05, 3.63) is 57.3 Å². The summed E-state index contributed by atoms with van der Waals surface area (Å²) in [5.41, 5.74) is 4.76. The molecule has 1 aromatic carbocycles. The average Bonchev–Trinajstić information content (AvgIpc) is 3.30. The van der Waals surface area contributed by atoms with Crippen molar-refractivity contribution in [3.8, 4) is 0 Å². The Morgan fingerprint density at radius 1 is 1.28 bits per heavy atom. The summed E-state index contributed by atoms with van der Waals surface area (Å²) >= 11 is 1.00. The van der Waals surface area contributed by atoms with E-state index in [2.05, 4.69) is 5.32 Å². The Morgan fingerprint density at radius 2 is 2.03 bits per heavy atom. The first-order valence-corrected chi connectivity index (χ1v) is 9.67. The fourth-order valence-electron chi connectivity index (χ4n) is 3.10. The number of carbonyl (C=O) groups is 3. The van der Waals surface area contributed by atoms with E-state index in [1.807, 2.05) is 0 Å². The maximum atomic E-state index is 13.1. The Morgan fingerprint density at radius 3 is 2.62 bits per heavy atom. The number of hydrogen-bond donors (Lipinski definition) is 2. The van der Waals surface area contributed by atoms with E-state index in [0.717, 1.165) is 23.5 Å². The molecule has 29 heavy (non-hydrogen) atoms. The Balaban J connectivity index is 1.87. The SMILES string of the molecule is NC(=O)c1csc(C(=O)NC(CN2CCCC2=O)c2cccc(C(F)(F)F)c2)c1. The number of benzene rings is 1. The summed E-state index contributed by atoms with van der Waals surface area (Å²) in [6.07, 6.45) is -3.50. The summed E-state index contributed by atoms with van der Waals surface area (Å²) in [5, 5.41) is 4.12. The highest BCUT2D eigenvalue weighted by molar-refractivity contribution is 7.12. The molecule has 1 aliphatic rings. The Labute approximate surface area is 168 Å². The number of amides is 3. The van der Waals surface area contributed by atoms with Crippen LogP contribution in [0.3, 0.4) is 0 Å². The van der Waals surface area contributed by atoms with Gasteiger partial charge in [-0.15, -0.1) is 11.3 Å². The van der Waals surface area contributed by atoms with Crippen LogP contribution < -0.4 is 11.1 Å². The van der Waals surface area contributed by atoms with Crippen LogP contribution in [-0.2, 0) is 11.0 Å². The molecule has 10 heteroatoms. The van der Waals surface area contributed by atoms with Crippen molar-refractivity contribution < 1.29 is 27.6 Å². The minimum absolute atomic E-state index is 0.0555. The maximum absolute atomic E-state index is 13.1. The van der Waals surface area contributed by atoms with Gasteiger partial charge in [0.1, 0.15) is 0 Å². The van der Waals surface area contributed by atoms with Crippen molar-refractivity contribution in [1.29, 1.82) is 0 Å². The number of nitrogens with zero attached hydrogens (tertiary/aromatic N) is 1. The van der Waals surface area contributed by atoms with E-state index < -0.39 is 29.6 Å². The normalized spacial score (nSPS) is 15.4. The van der Waals surface area contributed by atoms with Crippen molar-refractivity contribution in [2.45, 2.75) is 25.1 Å². The molecule has 1 aromatic heterocycles. The molecule has 1 aliphatic heterocycles. The van der Waals surface area contributed by atoms with E-state index in [0.29, 0.717) is 19.4 Å². The molecule has 0 spiro atoms. The fourth-order valence-corrected chi connectivity index (χ4v) is 3.90. The second-order valence-corrected chi connectivity index (χ2v) is 7.57. The molecule has 1 saturated heterocycles. The summed E-state index contributed by atoms with van der Waals surface area (Å²) in [4.78, 5) is 37.6. The van der Waals surface area contributed by atoms with Gasteiger partial charge in [-0.3, -0.25) is 14.4 Å². The number of alkyl halides is 3. The van der Waals surface area contributed by atoms with Crippen LogP contribution in [-0.4, -0.2) is 35.7 Å². The van der Waals surface area contributed by atoms with Crippen LogP contribution >= 0.6 is 11.3 Å². The van der Waals surface area contributed by atoms with Crippen LogP contribution in [0.25, 0.3) is 0 Å². The second-order valence-electron chi connectivity index (χ2n) is 6.66. The van der Waals surface area contributed by atoms with Crippen molar-refractivity contribution in [3.63, 3.8) is 0 Å². The van der Waals surface area contributed by atoms with Gasteiger partial charge < -0.3 is 16.0 Å². The number of likely N-dealkylation sites (tertiary alicyclic amines) is 1. The van der Waals surface area contributed by atoms with Gasteiger partial charge in [0.25, 0.3) is 5.91 Å². The number of nitrogens with two attached hydrogens (primary N) is 1. The maximum Gasteiger partial charge on any atom is 0.416 e. The summed E-state index contributed by atoms with van der Waals surface area (Å²) in [6.45, 7) is 0.537. The molecular formula is C19H18F3N3O3S. The monoisotopic (exact) mass is 425 g/mol. The Hall–Kier alpha value is -2.88. The second kappa shape index (κ2) is 8.24. The lowest BCUT2D eigenvalue weighted by Gasteiger charge is -2.25. The molecule has 0 aliphatic carbocycles. The van der Waals surface area contributed by atoms with Gasteiger partial charge in [-0.05, 0) is 30.2 Å². The number of hydrogen-bond acceptors (Lipinski definition) is 4. The molecule has 154 valence electrons. The van der Waals surface area contributed by atoms with E-state index in [9.17, 15) is 27.6 Å². The summed E-state index contributed by atoms with van der Waals surface area (Å²) in [6, 6.07) is 5.14. The Bertz CT molecular complexity index is 942. The van der Waals surface area contributed by atoms with Gasteiger partial charge in [0, 0.05) is 24.9 Å². The smallest absolute Gasteiger partial charge is 0.366 e. The zero-order valence-electron chi connectivity index (χ0n) is 15.2. The number of primary amides is 1. The van der Waals surface area contributed by atoms with Gasteiger partial charge in [-0.25, -0.2) is 0 Å². The molecule has 2 heterocycles. The summed E-state index contributed by atoms with van der Waals surface area (Å²) in [7, 11) is 0. The quantitative estimate of drug-likeness (QED) is 0.745. The number of thiophene rings is 1. The lowest BCUT2D eigenvalue weighted by Crippen LogP contribution is -2.38. The van der Waals surface area contributed by atoms with Gasteiger partial charge in [-0.1, -0.05) is 12.1 Å². The molecule has 1 unspecified atom stereocenters. The Kier molecular flexibility index (Phi) is 5.92. The predicted molar refractivity (Wildman–Crippen MR) is 100 cm³/mol. The first kappa shape index (κ1) is 20.8. The minimum Gasteiger partial charge on any atom is -0.366 e. The van der Waals surface area contributed by atoms with E-state index in [4.69, 9.17) is 5.73 Å². The van der Waals surface area contributed by atoms with Crippen molar-refractivity contribution >= 4 is 29.1 Å². The highest BCUT2D eigenvalue weighted by atomic mass is 32.1. The third-order valence-corrected chi connectivity index (χ3v) is 5.53. The van der Waals surface area contributed by atoms with Crippen LogP contribution in [0, 0.1) is 0 Å². The molecule has 0 bridgehead atoms. The van der Waals surface area contributed by atoms with Crippen molar-refractivity contribution in [2.75, 3.05) is 13.1 Å². The van der Waals surface area contributed by atoms with E-state index >= 15 is 0 Å². The van der Waals surface area contributed by atoms with Gasteiger partial charge in [0.2, 0.25) is 11.8 Å². The van der Waals surface area contributed by atoms with Gasteiger partial charge >= 0.3 is 6.18 Å². The van der Waals surface area contributed by atoms with Gasteiger partial charge in [0.15, 0.2) is 0 Å². The summed E-state index contributed by atoms with van der Waals surface area (Å²) in [5.74, 6) is -1.35. The standard InChI is InChI=1S/C19H18F3N3O3S/c20-19(21,22)13-4-1-3-11(7-13)14(9-25-6-2-5-16(25)26)24-18(28)15-8-12(10-29-15)17(23)27/h1,3-4,7-8,10,14H,2,5-6,9H2,(H2,23,27)(H,24,28). The zero-order valence-corrected chi connectivity index (χ0v) is 16.0. The lowest BCUT2D eigenvalue weighted by atomic mass is 10.0. The van der Waals surface area contributed by atoms with E-state index in [1.165, 1.54) is 28.5 Å². The molecule has 3 N–H and O–H groups in total. The first-order chi connectivity index (χ1) is 13.6. The molecule has 1 atom stereocenters. The van der Waals surface area contributed by atoms with Crippen LogP contribution in [0.2, 0.25) is 0 Å². The summed E-state index contributed by atoms with van der Waals surface area (Å²) < 4.78 is 39.3.